The van der Waals surface area contributed by atoms with Crippen LogP contribution < -0.4 is 10.1 Å². The van der Waals surface area contributed by atoms with Gasteiger partial charge in [0.1, 0.15) is 0 Å². The van der Waals surface area contributed by atoms with Gasteiger partial charge in [0.2, 0.25) is 5.88 Å². The summed E-state index contributed by atoms with van der Waals surface area (Å²) < 4.78 is 9.07. The lowest BCUT2D eigenvalue weighted by Crippen LogP contribution is -2.29. The van der Waals surface area contributed by atoms with Crippen LogP contribution in [-0.4, -0.2) is 44.6 Å². The van der Waals surface area contributed by atoms with Gasteiger partial charge >= 0.3 is 0 Å². The second-order valence-corrected chi connectivity index (χ2v) is 5.96. The van der Waals surface area contributed by atoms with Crippen LogP contribution in [0.1, 0.15) is 24.5 Å². The van der Waals surface area contributed by atoms with Gasteiger partial charge in [-0.25, -0.2) is 4.98 Å². The predicted molar refractivity (Wildman–Crippen MR) is 86.6 cm³/mol. The summed E-state index contributed by atoms with van der Waals surface area (Å²) in [6, 6.07) is 2.00. The molecule has 1 aliphatic rings. The number of hydrogen-bond donors (Lipinski definition) is 1. The van der Waals surface area contributed by atoms with Crippen molar-refractivity contribution in [2.45, 2.75) is 18.8 Å². The Bertz CT molecular complexity index is 830. The van der Waals surface area contributed by atoms with E-state index in [2.05, 4.69) is 15.5 Å². The number of aromatic nitrogens is 5. The summed E-state index contributed by atoms with van der Waals surface area (Å²) in [5.74, 6) is 1.13. The maximum Gasteiger partial charge on any atom is 0.217 e. The molecule has 1 unspecified atom stereocenters. The van der Waals surface area contributed by atoms with Gasteiger partial charge in [-0.3, -0.25) is 4.68 Å². The van der Waals surface area contributed by atoms with Crippen molar-refractivity contribution in [1.82, 2.24) is 29.7 Å². The molecule has 0 aliphatic carbocycles. The standard InChI is InChI=1S/C16H20N6O/c1-21-10-12(8-18-21)13-9-19-22-15(23-2)6-14(20-16(13)22)11-4-3-5-17-7-11/h6,8-11,17H,3-5,7H2,1-2H3. The maximum absolute atomic E-state index is 5.53. The monoisotopic (exact) mass is 312 g/mol. The van der Waals surface area contributed by atoms with Crippen molar-refractivity contribution in [3.8, 4) is 17.0 Å². The highest BCUT2D eigenvalue weighted by atomic mass is 16.5. The number of nitrogens with one attached hydrogen (secondary N) is 1. The Hall–Kier alpha value is -2.41. The molecule has 4 heterocycles. The summed E-state index contributed by atoms with van der Waals surface area (Å²) >= 11 is 0. The highest BCUT2D eigenvalue weighted by molar-refractivity contribution is 5.76. The van der Waals surface area contributed by atoms with Crippen LogP contribution in [0, 0.1) is 0 Å². The zero-order valence-electron chi connectivity index (χ0n) is 13.4. The SMILES string of the molecule is COc1cc(C2CCCNC2)nc2c(-c3cnn(C)c3)cnn12. The van der Waals surface area contributed by atoms with E-state index in [1.54, 1.807) is 16.3 Å². The van der Waals surface area contributed by atoms with E-state index < -0.39 is 0 Å². The normalized spacial score (nSPS) is 18.4. The lowest BCUT2D eigenvalue weighted by molar-refractivity contribution is 0.381. The molecule has 3 aromatic rings. The van der Waals surface area contributed by atoms with Gasteiger partial charge in [-0.1, -0.05) is 0 Å². The van der Waals surface area contributed by atoms with Crippen LogP contribution in [0.2, 0.25) is 0 Å². The molecular weight excluding hydrogens is 292 g/mol. The Morgan fingerprint density at radius 3 is 2.91 bits per heavy atom. The summed E-state index contributed by atoms with van der Waals surface area (Å²) in [7, 11) is 3.57. The summed E-state index contributed by atoms with van der Waals surface area (Å²) in [6.07, 6.45) is 7.95. The van der Waals surface area contributed by atoms with Crippen LogP contribution in [0.4, 0.5) is 0 Å². The molecule has 1 atom stereocenters. The van der Waals surface area contributed by atoms with Crippen molar-refractivity contribution in [3.63, 3.8) is 0 Å². The van der Waals surface area contributed by atoms with Crippen molar-refractivity contribution in [3.05, 3.63) is 30.4 Å². The summed E-state index contributed by atoms with van der Waals surface area (Å²) in [5.41, 5.74) is 3.86. The van der Waals surface area contributed by atoms with E-state index in [-0.39, 0.29) is 0 Å². The molecule has 0 saturated carbocycles. The third kappa shape index (κ3) is 2.46. The molecule has 3 aromatic heterocycles. The molecule has 0 amide bonds. The van der Waals surface area contributed by atoms with Crippen LogP contribution in [0.15, 0.2) is 24.7 Å². The minimum atomic E-state index is 0.416. The second-order valence-electron chi connectivity index (χ2n) is 5.96. The second kappa shape index (κ2) is 5.66. The Kier molecular flexibility index (Phi) is 3.49. The van der Waals surface area contributed by atoms with Crippen molar-refractivity contribution >= 4 is 5.65 Å². The third-order valence-electron chi connectivity index (χ3n) is 4.40. The largest absolute Gasteiger partial charge is 0.481 e. The van der Waals surface area contributed by atoms with Crippen LogP contribution >= 0.6 is 0 Å². The smallest absolute Gasteiger partial charge is 0.217 e. The molecular formula is C16H20N6O. The van der Waals surface area contributed by atoms with Crippen molar-refractivity contribution < 1.29 is 4.74 Å². The highest BCUT2D eigenvalue weighted by Crippen LogP contribution is 2.30. The molecule has 0 spiro atoms. The zero-order valence-corrected chi connectivity index (χ0v) is 13.4. The number of hydrogen-bond acceptors (Lipinski definition) is 5. The van der Waals surface area contributed by atoms with E-state index in [0.29, 0.717) is 11.8 Å². The fraction of sp³-hybridized carbons (Fsp3) is 0.438. The fourth-order valence-electron chi connectivity index (χ4n) is 3.18. The van der Waals surface area contributed by atoms with Gasteiger partial charge in [-0.2, -0.15) is 14.7 Å². The topological polar surface area (TPSA) is 69.3 Å². The first-order valence-corrected chi connectivity index (χ1v) is 7.88. The Balaban J connectivity index is 1.86. The number of fused-ring (bicyclic) bond motifs is 1. The van der Waals surface area contributed by atoms with Crippen molar-refractivity contribution in [2.75, 3.05) is 20.2 Å². The van der Waals surface area contributed by atoms with Gasteiger partial charge in [0.25, 0.3) is 0 Å². The fourth-order valence-corrected chi connectivity index (χ4v) is 3.18. The van der Waals surface area contributed by atoms with E-state index in [4.69, 9.17) is 9.72 Å². The zero-order chi connectivity index (χ0) is 15.8. The molecule has 7 nitrogen and oxygen atoms in total. The van der Waals surface area contributed by atoms with Crippen LogP contribution in [0.25, 0.3) is 16.8 Å². The van der Waals surface area contributed by atoms with Gasteiger partial charge in [0.15, 0.2) is 5.65 Å². The van der Waals surface area contributed by atoms with Crippen LogP contribution in [-0.2, 0) is 7.05 Å². The van der Waals surface area contributed by atoms with Gasteiger partial charge in [-0.15, -0.1) is 0 Å². The first kappa shape index (κ1) is 14.2. The van der Waals surface area contributed by atoms with E-state index >= 15 is 0 Å². The Labute approximate surface area is 134 Å². The predicted octanol–water partition coefficient (Wildman–Crippen LogP) is 1.61. The molecule has 0 aromatic carbocycles. The summed E-state index contributed by atoms with van der Waals surface area (Å²) in [6.45, 7) is 2.05. The maximum atomic E-state index is 5.53. The molecule has 1 N–H and O–H groups in total. The highest BCUT2D eigenvalue weighted by Gasteiger charge is 2.21. The molecule has 0 radical (unpaired) electrons. The first-order valence-electron chi connectivity index (χ1n) is 7.88. The number of ether oxygens (including phenoxy) is 1. The van der Waals surface area contributed by atoms with E-state index in [1.165, 1.54) is 6.42 Å². The molecule has 120 valence electrons. The van der Waals surface area contributed by atoms with Crippen molar-refractivity contribution in [1.29, 1.82) is 0 Å². The van der Waals surface area contributed by atoms with E-state index in [9.17, 15) is 0 Å². The van der Waals surface area contributed by atoms with Gasteiger partial charge in [-0.05, 0) is 19.4 Å². The number of piperidine rings is 1. The lowest BCUT2D eigenvalue weighted by atomic mass is 9.96. The average Bonchev–Trinajstić information content (AvgIpc) is 3.20. The number of rotatable bonds is 3. The van der Waals surface area contributed by atoms with Crippen molar-refractivity contribution in [2.24, 2.45) is 7.05 Å². The summed E-state index contributed by atoms with van der Waals surface area (Å²) in [4.78, 5) is 4.90. The minimum absolute atomic E-state index is 0.416. The van der Waals surface area contributed by atoms with Gasteiger partial charge in [0, 0.05) is 42.9 Å². The van der Waals surface area contributed by atoms with Crippen LogP contribution in [0.3, 0.4) is 0 Å². The quantitative estimate of drug-likeness (QED) is 0.795. The first-order chi connectivity index (χ1) is 11.3. The van der Waals surface area contributed by atoms with E-state index in [0.717, 1.165) is 42.0 Å². The lowest BCUT2D eigenvalue weighted by Gasteiger charge is -2.22. The molecule has 1 saturated heterocycles. The number of aryl methyl sites for hydroxylation is 1. The molecule has 1 aliphatic heterocycles. The number of methoxy groups -OCH3 is 1. The molecule has 1 fully saturated rings. The third-order valence-corrected chi connectivity index (χ3v) is 4.40. The summed E-state index contributed by atoms with van der Waals surface area (Å²) in [5, 5.41) is 12.1. The molecule has 0 bridgehead atoms. The molecule has 7 heteroatoms. The average molecular weight is 312 g/mol. The Morgan fingerprint density at radius 1 is 1.30 bits per heavy atom. The number of nitrogens with zero attached hydrogens (tertiary/aromatic N) is 5. The van der Waals surface area contributed by atoms with Crippen LogP contribution in [0.5, 0.6) is 5.88 Å². The van der Waals surface area contributed by atoms with Gasteiger partial charge < -0.3 is 10.1 Å². The molecule has 23 heavy (non-hydrogen) atoms. The Morgan fingerprint density at radius 2 is 2.22 bits per heavy atom. The van der Waals surface area contributed by atoms with E-state index in [1.807, 2.05) is 31.7 Å². The minimum Gasteiger partial charge on any atom is -0.481 e. The van der Waals surface area contributed by atoms with Gasteiger partial charge in [0.05, 0.1) is 25.2 Å². The molecule has 4 rings (SSSR count).